The fourth-order valence-electron chi connectivity index (χ4n) is 1.29. The molecule has 0 heterocycles. The Balaban J connectivity index is 6.29. The van der Waals surface area contributed by atoms with E-state index in [0.29, 0.717) is 0 Å². The number of hydrogen-bond acceptors (Lipinski definition) is 3. The van der Waals surface area contributed by atoms with Gasteiger partial charge in [0.1, 0.15) is 0 Å². The van der Waals surface area contributed by atoms with Gasteiger partial charge in [0.05, 0.1) is 0 Å². The second-order valence-corrected chi connectivity index (χ2v) is 5.66. The van der Waals surface area contributed by atoms with Gasteiger partial charge in [-0.1, -0.05) is 0 Å². The minimum atomic E-state index is -7.27. The lowest BCUT2D eigenvalue weighted by Crippen LogP contribution is -2.46. The molecule has 0 aliphatic carbocycles. The second kappa shape index (κ2) is 9.85. The Hall–Kier alpha value is -2.18. The fraction of sp³-hybridized carbons (Fsp3) is 0.667. The maximum atomic E-state index is 13.1. The molecule has 0 unspecified atom stereocenters. The summed E-state index contributed by atoms with van der Waals surface area (Å²) in [5.74, 6) is -19.8. The van der Waals surface area contributed by atoms with E-state index in [9.17, 15) is 96.6 Å². The molecule has 0 aliphatic rings. The summed E-state index contributed by atoms with van der Waals surface area (Å²) in [5.41, 5.74) is 0. The molecule has 0 fully saturated rings. The van der Waals surface area contributed by atoms with Crippen molar-refractivity contribution in [3.8, 4) is 0 Å². The van der Waals surface area contributed by atoms with E-state index in [1.54, 1.807) is 4.74 Å². The third kappa shape index (κ3) is 7.90. The topological polar surface area (TPSA) is 27.7 Å². The maximum absolute atomic E-state index is 13.1. The Morgan fingerprint density at radius 2 is 0.459 bits per heavy atom. The first-order chi connectivity index (χ1) is 15.8. The van der Waals surface area contributed by atoms with Gasteiger partial charge in [0.15, 0.2) is 0 Å². The van der Waals surface area contributed by atoms with Crippen molar-refractivity contribution >= 4 is 0 Å². The molecule has 0 aliphatic heterocycles. The van der Waals surface area contributed by atoms with Crippen molar-refractivity contribution in [1.29, 1.82) is 0 Å². The summed E-state index contributed by atoms with van der Waals surface area (Å²) < 4.78 is 281. The van der Waals surface area contributed by atoms with Crippen molar-refractivity contribution in [2.75, 3.05) is 0 Å². The van der Waals surface area contributed by atoms with Crippen molar-refractivity contribution in [2.24, 2.45) is 0 Å². The molecule has 0 spiro atoms. The number of halogens is 22. The van der Waals surface area contributed by atoms with Crippen LogP contribution >= 0.6 is 0 Å². The van der Waals surface area contributed by atoms with Gasteiger partial charge in [-0.2, -0.15) is 96.6 Å². The Kier molecular flexibility index (Phi) is 9.27. The van der Waals surface area contributed by atoms with Gasteiger partial charge in [-0.25, -0.2) is 14.2 Å². The van der Waals surface area contributed by atoms with Crippen LogP contribution in [0.2, 0.25) is 0 Å². The van der Waals surface area contributed by atoms with E-state index in [1.165, 1.54) is 9.47 Å². The molecule has 0 saturated heterocycles. The smallest absolute Gasteiger partial charge is 0.243 e. The molecule has 37 heavy (non-hydrogen) atoms. The summed E-state index contributed by atoms with van der Waals surface area (Å²) in [5, 5.41) is 0. The highest BCUT2D eigenvalue weighted by molar-refractivity contribution is 5.15. The Bertz CT molecular complexity index is 820. The molecule has 0 aromatic carbocycles. The quantitative estimate of drug-likeness (QED) is 0.235. The molecular formula is C12F22O3. The van der Waals surface area contributed by atoms with E-state index < -0.39 is 72.3 Å². The van der Waals surface area contributed by atoms with E-state index in [0.717, 1.165) is 0 Å². The average molecular weight is 610 g/mol. The molecule has 0 aromatic heterocycles. The van der Waals surface area contributed by atoms with Crippen LogP contribution in [0.1, 0.15) is 0 Å². The molecule has 0 N–H and O–H groups in total. The van der Waals surface area contributed by atoms with Gasteiger partial charge < -0.3 is 0 Å². The molecule has 220 valence electrons. The van der Waals surface area contributed by atoms with Crippen LogP contribution in [0.25, 0.3) is 0 Å². The molecule has 0 atom stereocenters. The molecule has 0 rings (SSSR count). The van der Waals surface area contributed by atoms with E-state index in [-0.39, 0.29) is 0 Å². The fourth-order valence-corrected chi connectivity index (χ4v) is 1.29. The summed E-state index contributed by atoms with van der Waals surface area (Å²) in [6, 6.07) is 0. The van der Waals surface area contributed by atoms with Crippen LogP contribution in [0, 0.1) is 0 Å². The van der Waals surface area contributed by atoms with Crippen LogP contribution in [-0.4, -0.2) is 49.0 Å². The lowest BCUT2D eigenvalue weighted by Gasteiger charge is -2.27. The number of ether oxygens (including phenoxy) is 3. The van der Waals surface area contributed by atoms with Crippen LogP contribution in [-0.2, 0) is 14.2 Å². The van der Waals surface area contributed by atoms with E-state index in [2.05, 4.69) is 0 Å². The van der Waals surface area contributed by atoms with Gasteiger partial charge in [0.2, 0.25) is 23.3 Å². The maximum Gasteiger partial charge on any atom is 0.483 e. The minimum Gasteiger partial charge on any atom is -0.243 e. The highest BCUT2D eigenvalue weighted by Gasteiger charge is 2.68. The van der Waals surface area contributed by atoms with Crippen LogP contribution in [0.4, 0.5) is 96.6 Å². The van der Waals surface area contributed by atoms with Crippen molar-refractivity contribution in [1.82, 2.24) is 0 Å². The average Bonchev–Trinajstić information content (AvgIpc) is 2.61. The Labute approximate surface area is 184 Å². The van der Waals surface area contributed by atoms with Crippen LogP contribution in [0.3, 0.4) is 0 Å². The third-order valence-corrected chi connectivity index (χ3v) is 2.84. The van der Waals surface area contributed by atoms with Gasteiger partial charge in [-0.3, -0.25) is 0 Å². The first-order valence-electron chi connectivity index (χ1n) is 7.38. The summed E-state index contributed by atoms with van der Waals surface area (Å²) in [4.78, 5) is 0. The molecule has 0 saturated carbocycles. The predicted octanol–water partition coefficient (Wildman–Crippen LogP) is 8.02. The highest BCUT2D eigenvalue weighted by Crippen LogP contribution is 2.49. The number of alkyl halides is 18. The SMILES string of the molecule is FC(=C(F)C(F)(F)OC(F)(F)C(F)(F)F)C(F)(F)OC(F)(F)C(F)=C(F)C(F)(F)OC(F)(F)C(F)(F)F. The summed E-state index contributed by atoms with van der Waals surface area (Å²) in [7, 11) is 0. The van der Waals surface area contributed by atoms with Crippen LogP contribution < -0.4 is 0 Å². The van der Waals surface area contributed by atoms with E-state index in [4.69, 9.17) is 0 Å². The Morgan fingerprint density at radius 1 is 0.297 bits per heavy atom. The molecule has 0 amide bonds. The molecule has 0 aromatic rings. The number of hydrogen-bond donors (Lipinski definition) is 0. The Morgan fingerprint density at radius 3 is 0.622 bits per heavy atom. The van der Waals surface area contributed by atoms with Gasteiger partial charge in [0, 0.05) is 0 Å². The molecule has 3 nitrogen and oxygen atoms in total. The largest absolute Gasteiger partial charge is 0.483 e. The van der Waals surface area contributed by atoms with Gasteiger partial charge in [-0.05, 0) is 0 Å². The van der Waals surface area contributed by atoms with Gasteiger partial charge >= 0.3 is 49.0 Å². The standard InChI is InChI=1S/C12F22O3/c13-1(3(15)7(21,22)36-11(31,32)9(25,26)27)5(17,18)35-6(19,20)2(14)4(16)8(23,24)37-12(33,34)10(28,29)30. The monoisotopic (exact) mass is 610 g/mol. The van der Waals surface area contributed by atoms with Crippen molar-refractivity contribution in [3.05, 3.63) is 23.3 Å². The number of rotatable bonds is 10. The summed E-state index contributed by atoms with van der Waals surface area (Å²) in [6.07, 6.45) is -57.5. The van der Waals surface area contributed by atoms with Crippen molar-refractivity contribution < 1.29 is 111 Å². The zero-order valence-corrected chi connectivity index (χ0v) is 15.5. The highest BCUT2D eigenvalue weighted by atomic mass is 19.4. The van der Waals surface area contributed by atoms with Gasteiger partial charge in [0.25, 0.3) is 0 Å². The summed E-state index contributed by atoms with van der Waals surface area (Å²) in [6.45, 7) is 0. The molecule has 25 heteroatoms. The normalized spacial score (nSPS) is 17.0. The first-order valence-corrected chi connectivity index (χ1v) is 7.38. The third-order valence-electron chi connectivity index (χ3n) is 2.84. The van der Waals surface area contributed by atoms with Crippen molar-refractivity contribution in [2.45, 2.75) is 49.0 Å². The van der Waals surface area contributed by atoms with E-state index in [1.807, 2.05) is 0 Å². The molecular weight excluding hydrogens is 610 g/mol. The first kappa shape index (κ1) is 34.8. The predicted molar refractivity (Wildman–Crippen MR) is 63.5 cm³/mol. The van der Waals surface area contributed by atoms with Gasteiger partial charge in [-0.15, -0.1) is 0 Å². The zero-order valence-electron chi connectivity index (χ0n) is 15.5. The lowest BCUT2D eigenvalue weighted by molar-refractivity contribution is -0.451. The zero-order chi connectivity index (χ0) is 30.4. The minimum absolute atomic E-state index is 1.44. The van der Waals surface area contributed by atoms with Crippen molar-refractivity contribution in [3.63, 3.8) is 0 Å². The second-order valence-electron chi connectivity index (χ2n) is 5.66. The summed E-state index contributed by atoms with van der Waals surface area (Å²) >= 11 is 0. The van der Waals surface area contributed by atoms with Crippen LogP contribution in [0.5, 0.6) is 0 Å². The van der Waals surface area contributed by atoms with E-state index >= 15 is 0 Å². The van der Waals surface area contributed by atoms with Crippen LogP contribution in [0.15, 0.2) is 23.3 Å². The molecule has 0 radical (unpaired) electrons. The lowest BCUT2D eigenvalue weighted by atomic mass is 10.3. The molecule has 0 bridgehead atoms.